The minimum Gasteiger partial charge on any atom is -0.358 e. The molecule has 0 aliphatic carbocycles. The Labute approximate surface area is 142 Å². The molecule has 1 aromatic carbocycles. The van der Waals surface area contributed by atoms with Crippen LogP contribution in [-0.2, 0) is 11.2 Å². The molecule has 0 spiro atoms. The van der Waals surface area contributed by atoms with Gasteiger partial charge < -0.3 is 20.5 Å². The van der Waals surface area contributed by atoms with Crippen molar-refractivity contribution in [2.75, 3.05) is 32.7 Å². The number of fused-ring (bicyclic) bond motifs is 1. The van der Waals surface area contributed by atoms with Gasteiger partial charge in [-0.15, -0.1) is 0 Å². The number of para-hydroxylation sites is 1. The largest absolute Gasteiger partial charge is 0.358 e. The van der Waals surface area contributed by atoms with Gasteiger partial charge in [-0.2, -0.15) is 0 Å². The Kier molecular flexibility index (Phi) is 4.65. The molecule has 0 bridgehead atoms. The number of carbonyl (C=O) groups is 1. The Morgan fingerprint density at radius 2 is 1.92 bits per heavy atom. The van der Waals surface area contributed by atoms with Gasteiger partial charge in [0.15, 0.2) is 5.78 Å². The van der Waals surface area contributed by atoms with E-state index in [1.54, 1.807) is 0 Å². The molecule has 3 N–H and O–H groups in total. The lowest BCUT2D eigenvalue weighted by Gasteiger charge is -2.35. The van der Waals surface area contributed by atoms with Crippen LogP contribution < -0.4 is 10.6 Å². The van der Waals surface area contributed by atoms with Crippen LogP contribution in [0.25, 0.3) is 10.9 Å². The zero-order valence-corrected chi connectivity index (χ0v) is 14.1. The summed E-state index contributed by atoms with van der Waals surface area (Å²) >= 11 is 0. The summed E-state index contributed by atoms with van der Waals surface area (Å²) in [5, 5.41) is 8.17. The van der Waals surface area contributed by atoms with Crippen molar-refractivity contribution < 1.29 is 4.79 Å². The van der Waals surface area contributed by atoms with E-state index in [4.69, 9.17) is 0 Å². The molecule has 1 aromatic heterocycles. The molecule has 128 valence electrons. The summed E-state index contributed by atoms with van der Waals surface area (Å²) < 4.78 is 0. The second kappa shape index (κ2) is 7.05. The molecular formula is C19H26N4O. The van der Waals surface area contributed by atoms with Gasteiger partial charge >= 0.3 is 0 Å². The van der Waals surface area contributed by atoms with Crippen LogP contribution in [0.3, 0.4) is 0 Å². The summed E-state index contributed by atoms with van der Waals surface area (Å²) in [7, 11) is 0. The number of piperazine rings is 1. The molecule has 3 heterocycles. The molecule has 2 atom stereocenters. The SMILES string of the molecule is O=C(Cc1cc2ccccc2[nH]1)C1NCCNC1CN1CCCC1. The third-order valence-corrected chi connectivity index (χ3v) is 5.25. The van der Waals surface area contributed by atoms with Crippen LogP contribution in [0.15, 0.2) is 30.3 Å². The van der Waals surface area contributed by atoms with E-state index >= 15 is 0 Å². The molecule has 2 aromatic rings. The minimum atomic E-state index is -0.0919. The molecular weight excluding hydrogens is 300 g/mol. The maximum absolute atomic E-state index is 12.9. The third kappa shape index (κ3) is 3.38. The standard InChI is InChI=1S/C19H26N4O/c24-18(12-15-11-14-5-1-2-6-16(14)22-15)19-17(20-7-8-21-19)13-23-9-3-4-10-23/h1-2,5-6,11,17,19-22H,3-4,7-10,12-13H2. The molecule has 2 saturated heterocycles. The summed E-state index contributed by atoms with van der Waals surface area (Å²) in [6.45, 7) is 5.10. The number of hydrogen-bond acceptors (Lipinski definition) is 4. The van der Waals surface area contributed by atoms with E-state index in [9.17, 15) is 4.79 Å². The van der Waals surface area contributed by atoms with Crippen molar-refractivity contribution >= 4 is 16.7 Å². The number of ketones is 1. The van der Waals surface area contributed by atoms with E-state index in [-0.39, 0.29) is 17.9 Å². The lowest BCUT2D eigenvalue weighted by Crippen LogP contribution is -2.62. The maximum Gasteiger partial charge on any atom is 0.157 e. The average molecular weight is 326 g/mol. The average Bonchev–Trinajstić information content (AvgIpc) is 3.24. The third-order valence-electron chi connectivity index (χ3n) is 5.25. The highest BCUT2D eigenvalue weighted by molar-refractivity contribution is 5.88. The van der Waals surface area contributed by atoms with Crippen LogP contribution in [0.1, 0.15) is 18.5 Å². The summed E-state index contributed by atoms with van der Waals surface area (Å²) in [5.41, 5.74) is 2.11. The van der Waals surface area contributed by atoms with Crippen LogP contribution in [0.2, 0.25) is 0 Å². The van der Waals surface area contributed by atoms with Crippen LogP contribution in [-0.4, -0.2) is 60.5 Å². The number of nitrogens with one attached hydrogen (secondary N) is 3. The molecule has 0 saturated carbocycles. The Balaban J connectivity index is 1.44. The van der Waals surface area contributed by atoms with Gasteiger partial charge in [0.2, 0.25) is 0 Å². The van der Waals surface area contributed by atoms with Crippen molar-refractivity contribution in [2.45, 2.75) is 31.3 Å². The fraction of sp³-hybridized carbons (Fsp3) is 0.526. The van der Waals surface area contributed by atoms with Crippen molar-refractivity contribution in [3.05, 3.63) is 36.0 Å². The molecule has 0 amide bonds. The first-order chi connectivity index (χ1) is 11.8. The molecule has 2 aliphatic heterocycles. The van der Waals surface area contributed by atoms with E-state index in [1.165, 1.54) is 31.3 Å². The van der Waals surface area contributed by atoms with Gasteiger partial charge in [0.25, 0.3) is 0 Å². The Bertz CT molecular complexity index is 671. The number of hydrogen-bond donors (Lipinski definition) is 3. The first kappa shape index (κ1) is 15.8. The van der Waals surface area contributed by atoms with Crippen LogP contribution >= 0.6 is 0 Å². The predicted octanol–water partition coefficient (Wildman–Crippen LogP) is 1.31. The molecule has 5 heteroatoms. The Morgan fingerprint density at radius 1 is 1.12 bits per heavy atom. The van der Waals surface area contributed by atoms with Crippen LogP contribution in [0.4, 0.5) is 0 Å². The number of nitrogens with zero attached hydrogens (tertiary/aromatic N) is 1. The second-order valence-electron chi connectivity index (χ2n) is 7.03. The normalized spacial score (nSPS) is 25.3. The van der Waals surface area contributed by atoms with Gasteiger partial charge in [0.1, 0.15) is 0 Å². The molecule has 2 unspecified atom stereocenters. The number of likely N-dealkylation sites (tertiary alicyclic amines) is 1. The summed E-state index contributed by atoms with van der Waals surface area (Å²) in [4.78, 5) is 18.7. The highest BCUT2D eigenvalue weighted by Gasteiger charge is 2.32. The second-order valence-corrected chi connectivity index (χ2v) is 7.03. The first-order valence-electron chi connectivity index (χ1n) is 9.08. The molecule has 0 radical (unpaired) electrons. The molecule has 2 aliphatic rings. The number of benzene rings is 1. The van der Waals surface area contributed by atoms with Crippen molar-refractivity contribution in [3.8, 4) is 0 Å². The number of rotatable bonds is 5. The lowest BCUT2D eigenvalue weighted by molar-refractivity contribution is -0.121. The summed E-state index contributed by atoms with van der Waals surface area (Å²) in [5.74, 6) is 0.276. The number of H-pyrrole nitrogens is 1. The lowest BCUT2D eigenvalue weighted by atomic mass is 9.97. The van der Waals surface area contributed by atoms with Gasteiger partial charge in [0.05, 0.1) is 6.04 Å². The van der Waals surface area contributed by atoms with E-state index in [0.717, 1.165) is 30.8 Å². The topological polar surface area (TPSA) is 60.2 Å². The zero-order valence-electron chi connectivity index (χ0n) is 14.1. The number of aromatic amines is 1. The van der Waals surface area contributed by atoms with Crippen LogP contribution in [0, 0.1) is 0 Å². The highest BCUT2D eigenvalue weighted by Crippen LogP contribution is 2.17. The van der Waals surface area contributed by atoms with E-state index in [1.807, 2.05) is 12.1 Å². The van der Waals surface area contributed by atoms with Gasteiger partial charge in [-0.3, -0.25) is 4.79 Å². The van der Waals surface area contributed by atoms with Gasteiger partial charge in [-0.25, -0.2) is 0 Å². The van der Waals surface area contributed by atoms with Crippen molar-refractivity contribution in [2.24, 2.45) is 0 Å². The van der Waals surface area contributed by atoms with Crippen molar-refractivity contribution in [3.63, 3.8) is 0 Å². The molecule has 24 heavy (non-hydrogen) atoms. The first-order valence-corrected chi connectivity index (χ1v) is 9.08. The van der Waals surface area contributed by atoms with E-state index in [2.05, 4.69) is 38.7 Å². The molecule has 2 fully saturated rings. The fourth-order valence-electron chi connectivity index (χ4n) is 4.02. The van der Waals surface area contributed by atoms with Crippen LogP contribution in [0.5, 0.6) is 0 Å². The summed E-state index contributed by atoms with van der Waals surface area (Å²) in [6, 6.07) is 10.4. The van der Waals surface area contributed by atoms with Gasteiger partial charge in [0, 0.05) is 43.3 Å². The van der Waals surface area contributed by atoms with E-state index < -0.39 is 0 Å². The number of carbonyl (C=O) groups excluding carboxylic acids is 1. The van der Waals surface area contributed by atoms with Crippen molar-refractivity contribution in [1.29, 1.82) is 0 Å². The Morgan fingerprint density at radius 3 is 2.75 bits per heavy atom. The van der Waals surface area contributed by atoms with Crippen molar-refractivity contribution in [1.82, 2.24) is 20.5 Å². The molecule has 5 nitrogen and oxygen atoms in total. The predicted molar refractivity (Wildman–Crippen MR) is 96.3 cm³/mol. The summed E-state index contributed by atoms with van der Waals surface area (Å²) in [6.07, 6.45) is 3.03. The Hall–Kier alpha value is -1.69. The highest BCUT2D eigenvalue weighted by atomic mass is 16.1. The monoisotopic (exact) mass is 326 g/mol. The molecule has 4 rings (SSSR count). The number of Topliss-reactive ketones (excluding diaryl/α,β-unsaturated/α-hetero) is 1. The van der Waals surface area contributed by atoms with Gasteiger partial charge in [-0.05, 0) is 43.5 Å². The van der Waals surface area contributed by atoms with Gasteiger partial charge in [-0.1, -0.05) is 18.2 Å². The number of aromatic nitrogens is 1. The van der Waals surface area contributed by atoms with E-state index in [0.29, 0.717) is 6.42 Å². The maximum atomic E-state index is 12.9. The quantitative estimate of drug-likeness (QED) is 0.775. The zero-order chi connectivity index (χ0) is 16.4. The smallest absolute Gasteiger partial charge is 0.157 e. The fourth-order valence-corrected chi connectivity index (χ4v) is 4.02. The minimum absolute atomic E-state index is 0.0919.